The highest BCUT2D eigenvalue weighted by molar-refractivity contribution is 5.97. The van der Waals surface area contributed by atoms with Crippen LogP contribution in [0.3, 0.4) is 0 Å². The second-order valence-electron chi connectivity index (χ2n) is 22.2. The van der Waals surface area contributed by atoms with Gasteiger partial charge in [0.25, 0.3) is 23.6 Å². The van der Waals surface area contributed by atoms with Crippen molar-refractivity contribution in [3.05, 3.63) is 177 Å². The van der Waals surface area contributed by atoms with Gasteiger partial charge in [-0.05, 0) is 118 Å². The van der Waals surface area contributed by atoms with Gasteiger partial charge in [0.15, 0.2) is 5.78 Å². The van der Waals surface area contributed by atoms with Crippen molar-refractivity contribution in [1.29, 1.82) is 0 Å². The normalized spacial score (nSPS) is 11.9. The Morgan fingerprint density at radius 2 is 0.505 bits per heavy atom. The number of hydrogen-bond donors (Lipinski definition) is 8. The van der Waals surface area contributed by atoms with Gasteiger partial charge < -0.3 is 42.5 Å². The molecule has 500 valence electrons. The Hall–Kier alpha value is -8.32. The molecule has 22 heteroatoms. The monoisotopic (exact) mass is 1270 g/mol. The Labute approximate surface area is 551 Å². The van der Waals surface area contributed by atoms with Crippen molar-refractivity contribution in [3.63, 3.8) is 0 Å². The molecule has 0 heterocycles. The number of nitrogens with zero attached hydrogens (tertiary/aromatic N) is 9. The zero-order chi connectivity index (χ0) is 66.5. The lowest BCUT2D eigenvalue weighted by Crippen LogP contribution is -2.42. The van der Waals surface area contributed by atoms with E-state index in [2.05, 4.69) is 82.1 Å². The van der Waals surface area contributed by atoms with Crippen molar-refractivity contribution in [2.45, 2.75) is 13.8 Å². The third-order valence-corrected chi connectivity index (χ3v) is 15.1. The zero-order valence-corrected chi connectivity index (χ0v) is 55.7. The molecular formula is C71H101N17O5. The second kappa shape index (κ2) is 45.9. The average Bonchev–Trinajstić information content (AvgIpc) is 3.80. The van der Waals surface area contributed by atoms with Crippen molar-refractivity contribution < 1.29 is 24.0 Å². The van der Waals surface area contributed by atoms with Crippen LogP contribution >= 0.6 is 0 Å². The van der Waals surface area contributed by atoms with Crippen molar-refractivity contribution in [3.8, 4) is 0 Å². The van der Waals surface area contributed by atoms with Gasteiger partial charge in [0, 0.05) is 196 Å². The van der Waals surface area contributed by atoms with Crippen LogP contribution in [0.15, 0.2) is 146 Å². The summed E-state index contributed by atoms with van der Waals surface area (Å²) in [4.78, 5) is 95.6. The molecule has 4 amide bonds. The van der Waals surface area contributed by atoms with Gasteiger partial charge >= 0.3 is 0 Å². The number of nitrogens with one attached hydrogen (secondary N) is 8. The lowest BCUT2D eigenvalue weighted by Gasteiger charge is -2.22. The predicted molar refractivity (Wildman–Crippen MR) is 381 cm³/mol. The summed E-state index contributed by atoms with van der Waals surface area (Å²) in [6.07, 6.45) is 9.16. The smallest absolute Gasteiger partial charge is 0.251 e. The zero-order valence-electron chi connectivity index (χ0n) is 55.7. The van der Waals surface area contributed by atoms with E-state index in [-0.39, 0.29) is 29.4 Å². The van der Waals surface area contributed by atoms with Crippen LogP contribution < -0.4 is 42.5 Å². The van der Waals surface area contributed by atoms with Gasteiger partial charge in [-0.1, -0.05) is 72.8 Å². The van der Waals surface area contributed by atoms with Gasteiger partial charge in [-0.15, -0.1) is 0 Å². The summed E-state index contributed by atoms with van der Waals surface area (Å²) in [5.41, 5.74) is 7.67. The van der Waals surface area contributed by atoms with Gasteiger partial charge in [-0.2, -0.15) is 0 Å². The first-order valence-electron chi connectivity index (χ1n) is 32.5. The summed E-state index contributed by atoms with van der Waals surface area (Å²) in [5, 5.41) is 25.0. The van der Waals surface area contributed by atoms with E-state index in [9.17, 15) is 24.0 Å². The molecule has 5 aromatic carbocycles. The average molecular weight is 1270 g/mol. The number of benzene rings is 5. The lowest BCUT2D eigenvalue weighted by molar-refractivity contribution is 0.0932. The number of amides is 4. The van der Waals surface area contributed by atoms with Crippen molar-refractivity contribution in [1.82, 2.24) is 62.1 Å². The maximum atomic E-state index is 13.2. The largest absolute Gasteiger partial charge is 0.351 e. The Morgan fingerprint density at radius 1 is 0.301 bits per heavy atom. The number of aliphatic imine (C=N–C) groups is 5. The summed E-state index contributed by atoms with van der Waals surface area (Å²) in [6.45, 7) is 20.8. The van der Waals surface area contributed by atoms with Gasteiger partial charge in [0.05, 0.1) is 26.2 Å². The van der Waals surface area contributed by atoms with E-state index in [0.29, 0.717) is 113 Å². The molecule has 5 rings (SSSR count). The van der Waals surface area contributed by atoms with Crippen molar-refractivity contribution in [2.75, 3.05) is 192 Å². The Morgan fingerprint density at radius 3 is 0.720 bits per heavy atom. The molecule has 22 nitrogen and oxygen atoms in total. The number of Topliss-reactive ketones (excluding diaryl/α,β-unsaturated/α-hetero) is 1. The highest BCUT2D eigenvalue weighted by atomic mass is 16.2. The summed E-state index contributed by atoms with van der Waals surface area (Å²) >= 11 is 0. The van der Waals surface area contributed by atoms with Crippen LogP contribution in [0.2, 0.25) is 0 Å². The summed E-state index contributed by atoms with van der Waals surface area (Å²) in [5.74, 6) is -0.519. The fourth-order valence-electron chi connectivity index (χ4n) is 9.50. The topological polar surface area (TPSA) is 256 Å². The van der Waals surface area contributed by atoms with Crippen LogP contribution in [0.25, 0.3) is 0 Å². The Balaban J connectivity index is 0.949. The molecule has 93 heavy (non-hydrogen) atoms. The van der Waals surface area contributed by atoms with Crippen LogP contribution in [0, 0.1) is 0 Å². The molecule has 0 radical (unpaired) electrons. The Kier molecular flexibility index (Phi) is 37.2. The molecule has 0 saturated carbocycles. The van der Waals surface area contributed by atoms with Crippen LogP contribution in [0.5, 0.6) is 0 Å². The maximum Gasteiger partial charge on any atom is 0.251 e. The van der Waals surface area contributed by atoms with Crippen LogP contribution in [0.1, 0.15) is 93.5 Å². The second-order valence-corrected chi connectivity index (χ2v) is 22.2. The van der Waals surface area contributed by atoms with E-state index in [1.807, 2.05) is 169 Å². The minimum absolute atomic E-state index is 0.0478. The first-order chi connectivity index (χ1) is 45.4. The lowest BCUT2D eigenvalue weighted by atomic mass is 10.1. The third-order valence-electron chi connectivity index (χ3n) is 15.1. The number of rotatable bonds is 47. The highest BCUT2D eigenvalue weighted by Gasteiger charge is 2.14. The van der Waals surface area contributed by atoms with E-state index >= 15 is 0 Å². The molecule has 0 atom stereocenters. The fraction of sp³-hybridized carbons (Fsp3) is 0.437. The number of ketones is 1. The molecule has 0 aliphatic heterocycles. The van der Waals surface area contributed by atoms with E-state index in [1.165, 1.54) is 0 Å². The van der Waals surface area contributed by atoms with Crippen molar-refractivity contribution in [2.24, 2.45) is 25.0 Å². The molecule has 0 bridgehead atoms. The molecule has 0 unspecified atom stereocenters. The van der Waals surface area contributed by atoms with Gasteiger partial charge in [-0.25, -0.2) is 0 Å². The first-order valence-corrected chi connectivity index (χ1v) is 32.5. The van der Waals surface area contributed by atoms with Crippen LogP contribution in [0.4, 0.5) is 0 Å². The van der Waals surface area contributed by atoms with Gasteiger partial charge in [0.2, 0.25) is 0 Å². The van der Waals surface area contributed by atoms with E-state index in [4.69, 9.17) is 4.99 Å². The van der Waals surface area contributed by atoms with E-state index < -0.39 is 0 Å². The first kappa shape index (κ1) is 75.4. The molecule has 8 N–H and O–H groups in total. The van der Waals surface area contributed by atoms with Gasteiger partial charge in [-0.3, -0.25) is 68.5 Å². The van der Waals surface area contributed by atoms with E-state index in [1.54, 1.807) is 25.3 Å². The van der Waals surface area contributed by atoms with E-state index in [0.717, 1.165) is 106 Å². The number of carbonyl (C=O) groups is 5. The number of carbonyl (C=O) groups excluding carboxylic acids is 5. The van der Waals surface area contributed by atoms with Crippen molar-refractivity contribution >= 4 is 60.5 Å². The molecule has 0 aromatic heterocycles. The molecule has 0 aliphatic rings. The summed E-state index contributed by atoms with van der Waals surface area (Å²) < 4.78 is 0. The third kappa shape index (κ3) is 31.2. The molecule has 5 aromatic rings. The number of hydrogen-bond acceptors (Lipinski definition) is 18. The maximum absolute atomic E-state index is 13.2. The van der Waals surface area contributed by atoms with Crippen LogP contribution in [-0.4, -0.2) is 272 Å². The quantitative estimate of drug-likeness (QED) is 0.0204. The molecular weight excluding hydrogens is 1170 g/mol. The van der Waals surface area contributed by atoms with Crippen LogP contribution in [-0.2, 0) is 0 Å². The molecule has 0 saturated heterocycles. The number of likely N-dealkylation sites (N-methyl/N-ethyl adjacent to an activating group) is 4. The standard InChI is InChI=1S/C71H101N17O5/c1-7-76-52-58-10-20-64(21-11-58)68(90)81-36-48-87(42-30-74-5)49-37-82-69(91)65-24-14-61(15-25-65)55-79-34-46-86(41-29-73-4)47-35-80-56-62-16-26-67(27-17-62)71(93)84-39-51-88(43-31-75-6)50-38-83-70(92)66-22-12-60(13-23-66)54-78-33-45-85(40-28-72-3)44-32-77-53-59-8-18-63(19-9-59)57(2)89/h8-27,52-56,72-75H,7,28-51H2,1-6H3,(H,81,90)(H,82,91)(H,83,92)(H,84,93). The highest BCUT2D eigenvalue weighted by Crippen LogP contribution is 2.09. The van der Waals surface area contributed by atoms with Gasteiger partial charge in [0.1, 0.15) is 0 Å². The summed E-state index contributed by atoms with van der Waals surface area (Å²) in [7, 11) is 7.69. The minimum atomic E-state index is -0.152. The SMILES string of the molecule is CCN=Cc1ccc(C(=O)NCCN(CCNC)CCNC(=O)c2ccc(C=NCCN(CCN=Cc3ccc(C(=O)NCCN(CCNC)CCNC(=O)c4ccc(C=NCCN(CCN=Cc5ccc(C(C)=O)cc5)CCNC)cc4)cc3)CCNC)cc2)cc1. The predicted octanol–water partition coefficient (Wildman–Crippen LogP) is 3.81. The minimum Gasteiger partial charge on any atom is -0.351 e. The fourth-order valence-corrected chi connectivity index (χ4v) is 9.50. The summed E-state index contributed by atoms with van der Waals surface area (Å²) in [6, 6.07) is 37.1. The Bertz CT molecular complexity index is 3100. The molecule has 0 fully saturated rings. The molecule has 0 aliphatic carbocycles. The molecule has 0 spiro atoms.